The molecule has 0 N–H and O–H groups in total. The van der Waals surface area contributed by atoms with Crippen LogP contribution in [0, 0.1) is 0 Å². The second kappa shape index (κ2) is 10.8. The monoisotopic (exact) mass is 510 g/mol. The number of benzene rings is 3. The van der Waals surface area contributed by atoms with E-state index in [2.05, 4.69) is 4.99 Å². The third kappa shape index (κ3) is 5.17. The molecule has 1 aromatic heterocycles. The smallest absolute Gasteiger partial charge is 0.338 e. The molecule has 0 unspecified atom stereocenters. The summed E-state index contributed by atoms with van der Waals surface area (Å²) in [7, 11) is 0. The minimum absolute atomic E-state index is 0.198. The topological polar surface area (TPSA) is 69.9 Å². The predicted octanol–water partition coefficient (Wildman–Crippen LogP) is 4.38. The third-order valence-electron chi connectivity index (χ3n) is 6.06. The van der Waals surface area contributed by atoms with Crippen molar-refractivity contribution in [3.8, 4) is 5.75 Å². The summed E-state index contributed by atoms with van der Waals surface area (Å²) in [6.45, 7) is 4.28. The molecule has 0 aliphatic carbocycles. The van der Waals surface area contributed by atoms with Crippen LogP contribution in [0.5, 0.6) is 5.75 Å². The molecular weight excluding hydrogens is 484 g/mol. The largest absolute Gasteiger partial charge is 0.489 e. The first-order valence-electron chi connectivity index (χ1n) is 12.1. The maximum Gasteiger partial charge on any atom is 0.338 e. The summed E-state index contributed by atoms with van der Waals surface area (Å²) in [4.78, 5) is 31.7. The molecular formula is C30H26N2O4S. The molecule has 3 aromatic carbocycles. The molecule has 0 radical (unpaired) electrons. The van der Waals surface area contributed by atoms with Crippen LogP contribution in [0.25, 0.3) is 6.08 Å². The Hall–Kier alpha value is -4.23. The number of esters is 1. The molecule has 1 aliphatic rings. The van der Waals surface area contributed by atoms with Gasteiger partial charge in [-0.3, -0.25) is 9.36 Å². The van der Waals surface area contributed by atoms with Crippen molar-refractivity contribution < 1.29 is 14.3 Å². The lowest BCUT2D eigenvalue weighted by Crippen LogP contribution is -2.39. The molecule has 4 aromatic rings. The quantitative estimate of drug-likeness (QED) is 0.346. The van der Waals surface area contributed by atoms with Gasteiger partial charge in [0.15, 0.2) is 4.80 Å². The number of ether oxygens (including phenoxy) is 2. The summed E-state index contributed by atoms with van der Waals surface area (Å²) in [6, 6.07) is 26.5. The summed E-state index contributed by atoms with van der Waals surface area (Å²) < 4.78 is 13.3. The number of hydrogen-bond acceptors (Lipinski definition) is 6. The van der Waals surface area contributed by atoms with Crippen LogP contribution in [0.2, 0.25) is 0 Å². The molecule has 1 atom stereocenters. The summed E-state index contributed by atoms with van der Waals surface area (Å²) in [5, 5.41) is 0. The zero-order valence-electron chi connectivity index (χ0n) is 20.6. The second-order valence-corrected chi connectivity index (χ2v) is 9.57. The number of hydrogen-bond donors (Lipinski definition) is 0. The van der Waals surface area contributed by atoms with E-state index in [0.29, 0.717) is 27.2 Å². The number of allylic oxidation sites excluding steroid dienone is 1. The molecule has 2 heterocycles. The van der Waals surface area contributed by atoms with Gasteiger partial charge in [-0.2, -0.15) is 0 Å². The van der Waals surface area contributed by atoms with Crippen LogP contribution in [0.3, 0.4) is 0 Å². The molecule has 37 heavy (non-hydrogen) atoms. The van der Waals surface area contributed by atoms with Gasteiger partial charge in [0.05, 0.1) is 28.5 Å². The predicted molar refractivity (Wildman–Crippen MR) is 144 cm³/mol. The highest BCUT2D eigenvalue weighted by Gasteiger charge is 2.33. The van der Waals surface area contributed by atoms with E-state index in [1.54, 1.807) is 18.4 Å². The highest BCUT2D eigenvalue weighted by molar-refractivity contribution is 7.07. The van der Waals surface area contributed by atoms with Crippen LogP contribution in [0.4, 0.5) is 0 Å². The maximum atomic E-state index is 13.6. The summed E-state index contributed by atoms with van der Waals surface area (Å²) in [6.07, 6.45) is 1.84. The van der Waals surface area contributed by atoms with Crippen LogP contribution in [0.1, 0.15) is 36.6 Å². The average molecular weight is 511 g/mol. The fourth-order valence-corrected chi connectivity index (χ4v) is 5.34. The van der Waals surface area contributed by atoms with Crippen LogP contribution >= 0.6 is 11.3 Å². The molecule has 0 spiro atoms. The Bertz CT molecular complexity index is 1620. The van der Waals surface area contributed by atoms with Crippen LogP contribution in [0.15, 0.2) is 106 Å². The van der Waals surface area contributed by atoms with Gasteiger partial charge in [0.2, 0.25) is 0 Å². The number of rotatable bonds is 7. The van der Waals surface area contributed by atoms with Gasteiger partial charge in [-0.25, -0.2) is 9.79 Å². The Balaban J connectivity index is 1.50. The molecule has 0 saturated carbocycles. The zero-order chi connectivity index (χ0) is 25.8. The number of carbonyl (C=O) groups is 1. The molecule has 7 heteroatoms. The standard InChI is InChI=1S/C30H26N2O4S/c1-3-35-29(34)26-20(2)31-30-32(27(26)23-12-8-5-9-13-23)28(33)25(37-30)18-21-14-16-24(17-15-21)36-19-22-10-6-4-7-11-22/h4-18,27H,3,19H2,1-2H3/t27-/m1/s1. The van der Waals surface area contributed by atoms with Gasteiger partial charge < -0.3 is 9.47 Å². The fraction of sp³-hybridized carbons (Fsp3) is 0.167. The highest BCUT2D eigenvalue weighted by atomic mass is 32.1. The van der Waals surface area contributed by atoms with Gasteiger partial charge in [-0.15, -0.1) is 0 Å². The van der Waals surface area contributed by atoms with E-state index in [1.165, 1.54) is 11.3 Å². The van der Waals surface area contributed by atoms with E-state index in [0.717, 1.165) is 22.4 Å². The minimum atomic E-state index is -0.604. The molecule has 0 bridgehead atoms. The van der Waals surface area contributed by atoms with Crippen molar-refractivity contribution in [2.24, 2.45) is 4.99 Å². The van der Waals surface area contributed by atoms with Crippen molar-refractivity contribution in [3.63, 3.8) is 0 Å². The van der Waals surface area contributed by atoms with Gasteiger partial charge in [-0.05, 0) is 48.7 Å². The first kappa shape index (κ1) is 24.5. The second-order valence-electron chi connectivity index (χ2n) is 8.56. The van der Waals surface area contributed by atoms with Crippen LogP contribution in [-0.2, 0) is 16.1 Å². The SMILES string of the molecule is CCOC(=O)C1=C(C)N=c2sc(=Cc3ccc(OCc4ccccc4)cc3)c(=O)n2[C@@H]1c1ccccc1. The fourth-order valence-electron chi connectivity index (χ4n) is 4.29. The molecule has 6 nitrogen and oxygen atoms in total. The molecule has 186 valence electrons. The first-order chi connectivity index (χ1) is 18.0. The third-order valence-corrected chi connectivity index (χ3v) is 7.04. The molecule has 0 saturated heterocycles. The normalized spacial score (nSPS) is 15.2. The van der Waals surface area contributed by atoms with Crippen molar-refractivity contribution in [2.75, 3.05) is 6.61 Å². The first-order valence-corrected chi connectivity index (χ1v) is 12.9. The van der Waals surface area contributed by atoms with Crippen molar-refractivity contribution in [2.45, 2.75) is 26.5 Å². The highest BCUT2D eigenvalue weighted by Crippen LogP contribution is 2.30. The van der Waals surface area contributed by atoms with E-state index in [4.69, 9.17) is 9.47 Å². The van der Waals surface area contributed by atoms with E-state index in [-0.39, 0.29) is 12.2 Å². The Morgan fingerprint density at radius 1 is 1.00 bits per heavy atom. The van der Waals surface area contributed by atoms with Crippen molar-refractivity contribution in [1.82, 2.24) is 4.57 Å². The van der Waals surface area contributed by atoms with Gasteiger partial charge in [0.1, 0.15) is 12.4 Å². The Morgan fingerprint density at radius 2 is 1.68 bits per heavy atom. The Kier molecular flexibility index (Phi) is 7.14. The number of aromatic nitrogens is 1. The van der Waals surface area contributed by atoms with Crippen LogP contribution in [-0.4, -0.2) is 17.1 Å². The summed E-state index contributed by atoms with van der Waals surface area (Å²) >= 11 is 1.31. The molecule has 0 fully saturated rings. The van der Waals surface area contributed by atoms with Gasteiger partial charge in [-0.1, -0.05) is 84.1 Å². The van der Waals surface area contributed by atoms with Crippen molar-refractivity contribution >= 4 is 23.4 Å². The number of nitrogens with zero attached hydrogens (tertiary/aromatic N) is 2. The van der Waals surface area contributed by atoms with Gasteiger partial charge in [0.25, 0.3) is 5.56 Å². The lowest BCUT2D eigenvalue weighted by molar-refractivity contribution is -0.139. The molecule has 1 aliphatic heterocycles. The number of fused-ring (bicyclic) bond motifs is 1. The molecule has 5 rings (SSSR count). The average Bonchev–Trinajstić information content (AvgIpc) is 3.22. The summed E-state index contributed by atoms with van der Waals surface area (Å²) in [5.74, 6) is 0.291. The van der Waals surface area contributed by atoms with Crippen molar-refractivity contribution in [3.05, 3.63) is 133 Å². The van der Waals surface area contributed by atoms with Crippen molar-refractivity contribution in [1.29, 1.82) is 0 Å². The zero-order valence-corrected chi connectivity index (χ0v) is 21.4. The maximum absolute atomic E-state index is 13.6. The molecule has 0 amide bonds. The number of thiazole rings is 1. The Labute approximate surface area is 218 Å². The lowest BCUT2D eigenvalue weighted by atomic mass is 9.96. The summed E-state index contributed by atoms with van der Waals surface area (Å²) in [5.41, 5.74) is 3.53. The lowest BCUT2D eigenvalue weighted by Gasteiger charge is -2.24. The van der Waals surface area contributed by atoms with E-state index in [9.17, 15) is 9.59 Å². The Morgan fingerprint density at radius 3 is 2.35 bits per heavy atom. The van der Waals surface area contributed by atoms with E-state index >= 15 is 0 Å². The van der Waals surface area contributed by atoms with E-state index in [1.807, 2.05) is 91.0 Å². The van der Waals surface area contributed by atoms with Crippen LogP contribution < -0.4 is 19.6 Å². The van der Waals surface area contributed by atoms with E-state index < -0.39 is 12.0 Å². The minimum Gasteiger partial charge on any atom is -0.489 e. The van der Waals surface area contributed by atoms with Gasteiger partial charge in [0, 0.05) is 0 Å². The number of carbonyl (C=O) groups excluding carboxylic acids is 1. The van der Waals surface area contributed by atoms with Gasteiger partial charge >= 0.3 is 5.97 Å².